The van der Waals surface area contributed by atoms with Crippen molar-refractivity contribution < 1.29 is 23.8 Å². The molecule has 0 aliphatic carbocycles. The minimum absolute atomic E-state index is 0.0323. The van der Waals surface area contributed by atoms with Crippen molar-refractivity contribution in [3.63, 3.8) is 0 Å². The molecule has 0 radical (unpaired) electrons. The Morgan fingerprint density at radius 2 is 1.94 bits per heavy atom. The molecular weight excluding hydrogens is 432 g/mol. The van der Waals surface area contributed by atoms with Crippen molar-refractivity contribution in [2.75, 3.05) is 19.9 Å². The lowest BCUT2D eigenvalue weighted by atomic mass is 9.84. The Labute approximate surface area is 191 Å². The summed E-state index contributed by atoms with van der Waals surface area (Å²) < 4.78 is 16.7. The minimum atomic E-state index is -0.440. The topological polar surface area (TPSA) is 77.1 Å². The van der Waals surface area contributed by atoms with Gasteiger partial charge in [-0.15, -0.1) is 0 Å². The molecule has 168 valence electrons. The molecule has 7 nitrogen and oxygen atoms in total. The molecule has 1 N–H and O–H groups in total. The van der Waals surface area contributed by atoms with E-state index >= 15 is 0 Å². The smallest absolute Gasteiger partial charge is 0.231 e. The highest BCUT2D eigenvalue weighted by molar-refractivity contribution is 6.30. The van der Waals surface area contributed by atoms with Crippen LogP contribution in [-0.4, -0.2) is 42.2 Å². The summed E-state index contributed by atoms with van der Waals surface area (Å²) in [5.74, 6) is 2.31. The zero-order chi connectivity index (χ0) is 22.1. The number of amides is 2. The van der Waals surface area contributed by atoms with Crippen LogP contribution in [0.4, 0.5) is 0 Å². The van der Waals surface area contributed by atoms with E-state index in [4.69, 9.17) is 25.8 Å². The van der Waals surface area contributed by atoms with Gasteiger partial charge in [-0.25, -0.2) is 0 Å². The van der Waals surface area contributed by atoms with Crippen LogP contribution in [-0.2, 0) is 22.6 Å². The van der Waals surface area contributed by atoms with Crippen molar-refractivity contribution >= 4 is 23.4 Å². The third-order valence-electron chi connectivity index (χ3n) is 6.39. The number of halogens is 1. The summed E-state index contributed by atoms with van der Waals surface area (Å²) in [6.45, 7) is 1.66. The van der Waals surface area contributed by atoms with E-state index in [1.165, 1.54) is 0 Å². The van der Waals surface area contributed by atoms with Crippen molar-refractivity contribution in [3.05, 3.63) is 52.5 Å². The van der Waals surface area contributed by atoms with Gasteiger partial charge in [0.1, 0.15) is 12.4 Å². The fourth-order valence-corrected chi connectivity index (χ4v) is 4.90. The van der Waals surface area contributed by atoms with Gasteiger partial charge in [-0.3, -0.25) is 9.59 Å². The van der Waals surface area contributed by atoms with Crippen LogP contribution in [0, 0.1) is 0 Å². The molecule has 3 heterocycles. The van der Waals surface area contributed by atoms with E-state index in [1.807, 2.05) is 35.2 Å². The van der Waals surface area contributed by atoms with E-state index in [2.05, 4.69) is 5.32 Å². The van der Waals surface area contributed by atoms with Crippen LogP contribution in [0.2, 0.25) is 5.02 Å². The van der Waals surface area contributed by atoms with Gasteiger partial charge in [0.15, 0.2) is 11.5 Å². The summed E-state index contributed by atoms with van der Waals surface area (Å²) in [4.78, 5) is 27.0. The molecule has 1 fully saturated rings. The van der Waals surface area contributed by atoms with E-state index in [0.29, 0.717) is 56.8 Å². The van der Waals surface area contributed by atoms with Gasteiger partial charge in [0.05, 0.1) is 6.54 Å². The zero-order valence-electron chi connectivity index (χ0n) is 17.7. The zero-order valence-corrected chi connectivity index (χ0v) is 18.5. The summed E-state index contributed by atoms with van der Waals surface area (Å²) in [6.07, 6.45) is 2.74. The number of rotatable bonds is 5. The van der Waals surface area contributed by atoms with Gasteiger partial charge in [0.25, 0.3) is 0 Å². The Bertz CT molecular complexity index is 1060. The third-order valence-corrected chi connectivity index (χ3v) is 6.62. The largest absolute Gasteiger partial charge is 0.491 e. The molecular formula is C24H25ClN2O5. The number of hydrogen-bond acceptors (Lipinski definition) is 5. The van der Waals surface area contributed by atoms with Crippen molar-refractivity contribution in [3.8, 4) is 17.2 Å². The average Bonchev–Trinajstić information content (AvgIpc) is 3.32. The highest BCUT2D eigenvalue weighted by Crippen LogP contribution is 2.36. The number of nitrogens with zero attached hydrogens (tertiary/aromatic N) is 1. The third kappa shape index (κ3) is 4.35. The summed E-state index contributed by atoms with van der Waals surface area (Å²) in [6, 6.07) is 11.3. The number of carbonyl (C=O) groups is 2. The highest BCUT2D eigenvalue weighted by atomic mass is 35.5. The van der Waals surface area contributed by atoms with Crippen molar-refractivity contribution in [2.24, 2.45) is 0 Å². The molecule has 0 aromatic heterocycles. The first kappa shape index (κ1) is 20.9. The predicted molar refractivity (Wildman–Crippen MR) is 118 cm³/mol. The maximum Gasteiger partial charge on any atom is 0.231 e. The Morgan fingerprint density at radius 1 is 1.09 bits per heavy atom. The van der Waals surface area contributed by atoms with Crippen LogP contribution in [0.1, 0.15) is 36.8 Å². The van der Waals surface area contributed by atoms with Crippen LogP contribution < -0.4 is 19.5 Å². The predicted octanol–water partition coefficient (Wildman–Crippen LogP) is 3.46. The second kappa shape index (κ2) is 8.54. The fourth-order valence-electron chi connectivity index (χ4n) is 4.70. The van der Waals surface area contributed by atoms with E-state index in [9.17, 15) is 9.59 Å². The van der Waals surface area contributed by atoms with Gasteiger partial charge < -0.3 is 24.4 Å². The van der Waals surface area contributed by atoms with Crippen LogP contribution in [0.5, 0.6) is 17.2 Å². The summed E-state index contributed by atoms with van der Waals surface area (Å²) >= 11 is 6.13. The quantitative estimate of drug-likeness (QED) is 0.745. The van der Waals surface area contributed by atoms with Gasteiger partial charge in [-0.05, 0) is 55.2 Å². The standard InChI is InChI=1S/C24H25ClN2O5/c25-18-2-4-19-17(12-18)14-27(9-10-30-19)23(29)6-8-24(7-5-22(28)26-24)13-16-1-3-20-21(11-16)32-15-31-20/h1-4,11-12H,5-10,13-15H2,(H,26,28)/t24-/m0/s1. The lowest BCUT2D eigenvalue weighted by molar-refractivity contribution is -0.132. The second-order valence-electron chi connectivity index (χ2n) is 8.61. The SMILES string of the molecule is O=C1CC[C@](CCC(=O)N2CCOc3ccc(Cl)cc3C2)(Cc2ccc3c(c2)OCO3)N1. The molecule has 1 saturated heterocycles. The second-order valence-corrected chi connectivity index (χ2v) is 9.05. The molecule has 0 spiro atoms. The Morgan fingerprint density at radius 3 is 2.78 bits per heavy atom. The molecule has 2 aromatic rings. The monoisotopic (exact) mass is 456 g/mol. The maximum absolute atomic E-state index is 13.1. The lowest BCUT2D eigenvalue weighted by Gasteiger charge is -2.30. The lowest BCUT2D eigenvalue weighted by Crippen LogP contribution is -2.45. The number of nitrogens with one attached hydrogen (secondary N) is 1. The number of benzene rings is 2. The maximum atomic E-state index is 13.1. The van der Waals surface area contributed by atoms with E-state index in [1.54, 1.807) is 6.07 Å². The summed E-state index contributed by atoms with van der Waals surface area (Å²) in [5.41, 5.74) is 1.52. The summed E-state index contributed by atoms with van der Waals surface area (Å²) in [5, 5.41) is 3.78. The first-order chi connectivity index (χ1) is 15.5. The molecule has 3 aliphatic rings. The van der Waals surface area contributed by atoms with Crippen molar-refractivity contribution in [1.82, 2.24) is 10.2 Å². The van der Waals surface area contributed by atoms with Crippen molar-refractivity contribution in [1.29, 1.82) is 0 Å². The first-order valence-corrected chi connectivity index (χ1v) is 11.3. The minimum Gasteiger partial charge on any atom is -0.491 e. The van der Waals surface area contributed by atoms with E-state index < -0.39 is 5.54 Å². The van der Waals surface area contributed by atoms with Crippen LogP contribution in [0.25, 0.3) is 0 Å². The fraction of sp³-hybridized carbons (Fsp3) is 0.417. The van der Waals surface area contributed by atoms with E-state index in [-0.39, 0.29) is 18.6 Å². The van der Waals surface area contributed by atoms with Gasteiger partial charge in [-0.1, -0.05) is 17.7 Å². The normalized spacial score (nSPS) is 21.5. The molecule has 0 unspecified atom stereocenters. The number of fused-ring (bicyclic) bond motifs is 2. The van der Waals surface area contributed by atoms with Crippen molar-refractivity contribution in [2.45, 2.75) is 44.2 Å². The molecule has 32 heavy (non-hydrogen) atoms. The van der Waals surface area contributed by atoms with Crippen LogP contribution >= 0.6 is 11.6 Å². The molecule has 0 bridgehead atoms. The number of ether oxygens (including phenoxy) is 3. The van der Waals surface area contributed by atoms with E-state index in [0.717, 1.165) is 28.4 Å². The molecule has 3 aliphatic heterocycles. The molecule has 2 amide bonds. The van der Waals surface area contributed by atoms with Gasteiger partial charge in [-0.2, -0.15) is 0 Å². The van der Waals surface area contributed by atoms with Gasteiger partial charge >= 0.3 is 0 Å². The molecule has 5 rings (SSSR count). The van der Waals surface area contributed by atoms with Crippen LogP contribution in [0.15, 0.2) is 36.4 Å². The summed E-state index contributed by atoms with van der Waals surface area (Å²) in [7, 11) is 0. The highest BCUT2D eigenvalue weighted by Gasteiger charge is 2.38. The number of hydrogen-bond donors (Lipinski definition) is 1. The Balaban J connectivity index is 1.27. The van der Waals surface area contributed by atoms with Crippen LogP contribution in [0.3, 0.4) is 0 Å². The average molecular weight is 457 g/mol. The first-order valence-electron chi connectivity index (χ1n) is 10.9. The molecule has 1 atom stereocenters. The Hall–Kier alpha value is -2.93. The van der Waals surface area contributed by atoms with Gasteiger partial charge in [0.2, 0.25) is 18.6 Å². The number of carbonyl (C=O) groups excluding carboxylic acids is 2. The molecule has 0 saturated carbocycles. The Kier molecular flexibility index (Phi) is 5.59. The molecule has 8 heteroatoms. The van der Waals surface area contributed by atoms with Gasteiger partial charge in [0, 0.05) is 35.5 Å². The molecule has 2 aromatic carbocycles.